The van der Waals surface area contributed by atoms with Gasteiger partial charge in [-0.15, -0.1) is 0 Å². The lowest BCUT2D eigenvalue weighted by Gasteiger charge is -2.43. The molecule has 0 N–H and O–H groups in total. The second-order valence-electron chi connectivity index (χ2n) is 15.8. The molecule has 58 heavy (non-hydrogen) atoms. The van der Waals surface area contributed by atoms with Gasteiger partial charge in [0.05, 0.1) is 22.1 Å². The number of pyridine rings is 1. The zero-order chi connectivity index (χ0) is 39.0. The molecule has 0 amide bonds. The van der Waals surface area contributed by atoms with E-state index in [1.54, 1.807) is 0 Å². The molecule has 0 spiro atoms. The van der Waals surface area contributed by atoms with Gasteiger partial charge in [-0.3, -0.25) is 4.57 Å². The topological polar surface area (TPSA) is 35.6 Å². The third kappa shape index (κ3) is 5.01. The molecule has 4 nitrogen and oxygen atoms in total. The van der Waals surface area contributed by atoms with Gasteiger partial charge in [0.15, 0.2) is 8.07 Å². The van der Waals surface area contributed by atoms with Crippen LogP contribution in [0.1, 0.15) is 25.0 Å². The highest BCUT2D eigenvalue weighted by molar-refractivity contribution is 7.99. The molecule has 6 heteroatoms. The number of aromatic nitrogens is 4. The largest absolute Gasteiger partial charge is 0.327 e. The van der Waals surface area contributed by atoms with E-state index in [4.69, 9.17) is 9.97 Å². The van der Waals surface area contributed by atoms with Crippen molar-refractivity contribution in [2.75, 3.05) is 0 Å². The van der Waals surface area contributed by atoms with Gasteiger partial charge in [-0.05, 0) is 74.3 Å². The Bertz CT molecular complexity index is 3150. The van der Waals surface area contributed by atoms with Gasteiger partial charge < -0.3 is 4.57 Å². The van der Waals surface area contributed by atoms with Crippen molar-refractivity contribution in [3.63, 3.8) is 0 Å². The van der Waals surface area contributed by atoms with Crippen LogP contribution >= 0.6 is 11.8 Å². The van der Waals surface area contributed by atoms with E-state index in [0.717, 1.165) is 33.8 Å². The lowest BCUT2D eigenvalue weighted by atomic mass is 9.77. The van der Waals surface area contributed by atoms with Crippen LogP contribution in [0.15, 0.2) is 198 Å². The Hall–Kier alpha value is -6.47. The minimum atomic E-state index is -3.18. The van der Waals surface area contributed by atoms with Gasteiger partial charge >= 0.3 is 0 Å². The van der Waals surface area contributed by atoms with Crippen LogP contribution in [0.4, 0.5) is 0 Å². The standard InChI is InChI=1S/C52H40N4SSi/c1-52(2)40-26-11-15-30-45(40)57-50-48-39-25-10-13-28-42(39)56(47-31-16-17-32-53-47)44(48)34-46(49(50)52)58(36-20-6-4-7-21-36,37-22-8-5-9-23-37)38-24-18-19-35(33-38)51-54-41-27-12-14-29-43(41)55(51)3/h4-34H,1-3H3. The summed E-state index contributed by atoms with van der Waals surface area (Å²) in [5, 5.41) is 7.90. The Morgan fingerprint density at radius 1 is 0.586 bits per heavy atom. The molecule has 3 aromatic heterocycles. The fourth-order valence-electron chi connectivity index (χ4n) is 9.80. The molecule has 4 heterocycles. The van der Waals surface area contributed by atoms with Crippen LogP contribution in [0.5, 0.6) is 0 Å². The first-order valence-electron chi connectivity index (χ1n) is 19.9. The van der Waals surface area contributed by atoms with Crippen molar-refractivity contribution < 1.29 is 0 Å². The van der Waals surface area contributed by atoms with Crippen LogP contribution in [0.2, 0.25) is 0 Å². The lowest BCUT2D eigenvalue weighted by molar-refractivity contribution is 0.613. The first-order valence-corrected chi connectivity index (χ1v) is 22.7. The number of hydrogen-bond acceptors (Lipinski definition) is 3. The summed E-state index contributed by atoms with van der Waals surface area (Å²) in [5.41, 5.74) is 7.99. The molecule has 10 aromatic rings. The summed E-state index contributed by atoms with van der Waals surface area (Å²) in [6.45, 7) is 4.89. The second-order valence-corrected chi connectivity index (χ2v) is 20.7. The van der Waals surface area contributed by atoms with Crippen molar-refractivity contribution in [3.8, 4) is 17.2 Å². The third-order valence-electron chi connectivity index (χ3n) is 12.4. The quantitative estimate of drug-likeness (QED) is 0.125. The Morgan fingerprint density at radius 3 is 1.98 bits per heavy atom. The van der Waals surface area contributed by atoms with Crippen molar-refractivity contribution in [2.45, 2.75) is 29.1 Å². The summed E-state index contributed by atoms with van der Waals surface area (Å²) < 4.78 is 4.63. The van der Waals surface area contributed by atoms with Crippen LogP contribution in [0, 0.1) is 0 Å². The van der Waals surface area contributed by atoms with E-state index in [2.05, 4.69) is 206 Å². The number of hydrogen-bond donors (Lipinski definition) is 0. The fraction of sp³-hybridized carbons (Fsp3) is 0.0769. The molecule has 11 rings (SSSR count). The Morgan fingerprint density at radius 2 is 1.24 bits per heavy atom. The molecule has 1 aliphatic heterocycles. The summed E-state index contributed by atoms with van der Waals surface area (Å²) >= 11 is 1.93. The van der Waals surface area contributed by atoms with Crippen molar-refractivity contribution in [3.05, 3.63) is 199 Å². The maximum absolute atomic E-state index is 5.22. The Labute approximate surface area is 343 Å². The summed E-state index contributed by atoms with van der Waals surface area (Å²) in [5.74, 6) is 1.88. The minimum absolute atomic E-state index is 0.328. The molecule has 0 aliphatic carbocycles. The number of benzene rings is 7. The number of fused-ring (bicyclic) bond motifs is 7. The highest BCUT2D eigenvalue weighted by atomic mass is 32.2. The molecular formula is C52H40N4SSi. The average Bonchev–Trinajstić information content (AvgIpc) is 3.79. The molecular weight excluding hydrogens is 741 g/mol. The normalized spacial score (nSPS) is 13.5. The number of imidazole rings is 1. The third-order valence-corrected chi connectivity index (χ3v) is 18.3. The monoisotopic (exact) mass is 780 g/mol. The molecule has 278 valence electrons. The smallest absolute Gasteiger partial charge is 0.180 e. The molecule has 0 atom stereocenters. The van der Waals surface area contributed by atoms with Crippen LogP contribution in [-0.4, -0.2) is 27.2 Å². The minimum Gasteiger partial charge on any atom is -0.327 e. The molecule has 0 saturated carbocycles. The van der Waals surface area contributed by atoms with Gasteiger partial charge in [0.25, 0.3) is 0 Å². The highest BCUT2D eigenvalue weighted by Crippen LogP contribution is 2.53. The average molecular weight is 781 g/mol. The van der Waals surface area contributed by atoms with Gasteiger partial charge in [-0.1, -0.05) is 165 Å². The Balaban J connectivity index is 1.35. The predicted molar refractivity (Wildman–Crippen MR) is 245 cm³/mol. The number of aryl methyl sites for hydroxylation is 1. The molecule has 0 fully saturated rings. The van der Waals surface area contributed by atoms with Gasteiger partial charge in [0, 0.05) is 44.8 Å². The molecule has 0 radical (unpaired) electrons. The SMILES string of the molecule is Cn1c(-c2cccc([Si](c3ccccc3)(c3ccccc3)c3cc4c(c5c3C(C)(C)c3ccccc3S5)c3ccccc3n4-c3ccccn3)c2)nc2ccccc21. The van der Waals surface area contributed by atoms with Gasteiger partial charge in [0.2, 0.25) is 0 Å². The van der Waals surface area contributed by atoms with Crippen LogP contribution in [0.3, 0.4) is 0 Å². The van der Waals surface area contributed by atoms with E-state index in [-0.39, 0.29) is 5.41 Å². The van der Waals surface area contributed by atoms with E-state index in [1.165, 1.54) is 58.0 Å². The zero-order valence-electron chi connectivity index (χ0n) is 32.6. The molecule has 0 bridgehead atoms. The van der Waals surface area contributed by atoms with Gasteiger partial charge in [0.1, 0.15) is 11.6 Å². The second kappa shape index (κ2) is 13.3. The molecule has 7 aromatic carbocycles. The van der Waals surface area contributed by atoms with Crippen LogP contribution in [0.25, 0.3) is 50.0 Å². The number of nitrogens with zero attached hydrogens (tertiary/aromatic N) is 4. The van der Waals surface area contributed by atoms with E-state index in [1.807, 2.05) is 24.0 Å². The molecule has 1 aliphatic rings. The predicted octanol–water partition coefficient (Wildman–Crippen LogP) is 9.90. The van der Waals surface area contributed by atoms with Crippen molar-refractivity contribution in [1.29, 1.82) is 0 Å². The lowest BCUT2D eigenvalue weighted by Crippen LogP contribution is -2.76. The fourth-order valence-corrected chi connectivity index (χ4v) is 16.7. The van der Waals surface area contributed by atoms with Gasteiger partial charge in [-0.2, -0.15) is 0 Å². The first kappa shape index (κ1) is 34.7. The van der Waals surface area contributed by atoms with Crippen molar-refractivity contribution in [1.82, 2.24) is 19.1 Å². The van der Waals surface area contributed by atoms with Crippen molar-refractivity contribution in [2.24, 2.45) is 7.05 Å². The summed E-state index contributed by atoms with van der Waals surface area (Å²) in [6.07, 6.45) is 1.91. The number of para-hydroxylation sites is 3. The van der Waals surface area contributed by atoms with E-state index < -0.39 is 8.07 Å². The summed E-state index contributed by atoms with van der Waals surface area (Å²) in [6, 6.07) is 67.2. The Kier molecular flexibility index (Phi) is 7.97. The van der Waals surface area contributed by atoms with Crippen LogP contribution < -0.4 is 20.7 Å². The van der Waals surface area contributed by atoms with Crippen LogP contribution in [-0.2, 0) is 12.5 Å². The molecule has 0 unspecified atom stereocenters. The van der Waals surface area contributed by atoms with E-state index in [0.29, 0.717) is 0 Å². The van der Waals surface area contributed by atoms with Gasteiger partial charge in [-0.25, -0.2) is 9.97 Å². The van der Waals surface area contributed by atoms with E-state index >= 15 is 0 Å². The maximum Gasteiger partial charge on any atom is 0.180 e. The first-order chi connectivity index (χ1) is 28.5. The zero-order valence-corrected chi connectivity index (χ0v) is 34.4. The molecule has 0 saturated heterocycles. The van der Waals surface area contributed by atoms with E-state index in [9.17, 15) is 0 Å². The summed E-state index contributed by atoms with van der Waals surface area (Å²) in [4.78, 5) is 12.9. The summed E-state index contributed by atoms with van der Waals surface area (Å²) in [7, 11) is -1.05. The highest BCUT2D eigenvalue weighted by Gasteiger charge is 2.48. The number of rotatable bonds is 6. The maximum atomic E-state index is 5.22. The van der Waals surface area contributed by atoms with Crippen molar-refractivity contribution >= 4 is 73.4 Å².